The number of nitrogens with zero attached hydrogens (tertiary/aromatic N) is 3. The topological polar surface area (TPSA) is 47.8 Å². The number of carbonyl (C=O) groups excluding carboxylic acids is 1. The summed E-state index contributed by atoms with van der Waals surface area (Å²) in [6, 6.07) is 8.59. The maximum Gasteiger partial charge on any atom is 0.419 e. The Morgan fingerprint density at radius 3 is 2.62 bits per heavy atom. The molecule has 0 aliphatic rings. The lowest BCUT2D eigenvalue weighted by molar-refractivity contribution is -0.137. The molecule has 106 valence electrons. The number of halogens is 3. The molecule has 4 nitrogen and oxygen atoms in total. The predicted molar refractivity (Wildman–Crippen MR) is 69.3 cm³/mol. The van der Waals surface area contributed by atoms with Gasteiger partial charge in [-0.3, -0.25) is 4.79 Å². The minimum Gasteiger partial charge on any atom is -0.298 e. The van der Waals surface area contributed by atoms with Crippen LogP contribution < -0.4 is 0 Å². The second-order valence-corrected chi connectivity index (χ2v) is 4.38. The molecule has 0 radical (unpaired) electrons. The third-order valence-corrected chi connectivity index (χ3v) is 2.99. The van der Waals surface area contributed by atoms with Crippen LogP contribution in [0.25, 0.3) is 16.7 Å². The van der Waals surface area contributed by atoms with E-state index in [1.807, 2.05) is 0 Å². The second kappa shape index (κ2) is 4.69. The number of alkyl halides is 3. The highest BCUT2D eigenvalue weighted by molar-refractivity contribution is 5.89. The molecule has 0 bridgehead atoms. The molecule has 21 heavy (non-hydrogen) atoms. The van der Waals surface area contributed by atoms with E-state index in [1.54, 1.807) is 30.3 Å². The van der Waals surface area contributed by atoms with E-state index in [0.29, 0.717) is 18.0 Å². The average Bonchev–Trinajstić information content (AvgIpc) is 2.95. The molecule has 3 aromatic rings. The predicted octanol–water partition coefficient (Wildman–Crippen LogP) is 3.25. The van der Waals surface area contributed by atoms with Crippen molar-refractivity contribution in [3.05, 3.63) is 53.9 Å². The van der Waals surface area contributed by atoms with Gasteiger partial charge in [-0.25, -0.2) is 9.67 Å². The summed E-state index contributed by atoms with van der Waals surface area (Å²) in [5.74, 6) is 0.0687. The third kappa shape index (κ3) is 2.37. The highest BCUT2D eigenvalue weighted by Crippen LogP contribution is 2.29. The van der Waals surface area contributed by atoms with E-state index in [1.165, 1.54) is 0 Å². The second-order valence-electron chi connectivity index (χ2n) is 4.38. The lowest BCUT2D eigenvalue weighted by Gasteiger charge is -2.06. The summed E-state index contributed by atoms with van der Waals surface area (Å²) < 4.78 is 38.8. The number of rotatable bonds is 2. The molecule has 2 heterocycles. The summed E-state index contributed by atoms with van der Waals surface area (Å²) in [5, 5.41) is 4.37. The normalized spacial score (nSPS) is 11.8. The summed E-state index contributed by atoms with van der Waals surface area (Å²) in [5.41, 5.74) is -0.151. The fraction of sp³-hybridized carbons (Fsp3) is 0.0714. The van der Waals surface area contributed by atoms with Crippen LogP contribution in [0.3, 0.4) is 0 Å². The Balaban J connectivity index is 2.19. The Bertz CT molecular complexity index is 824. The molecule has 0 amide bonds. The van der Waals surface area contributed by atoms with Crippen LogP contribution in [0.4, 0.5) is 13.2 Å². The van der Waals surface area contributed by atoms with Gasteiger partial charge in [0.2, 0.25) is 0 Å². The van der Waals surface area contributed by atoms with Crippen molar-refractivity contribution in [2.75, 3.05) is 0 Å². The van der Waals surface area contributed by atoms with Crippen LogP contribution in [-0.2, 0) is 6.18 Å². The molecular formula is C14H8F3N3O. The van der Waals surface area contributed by atoms with Crippen LogP contribution in [0.1, 0.15) is 15.9 Å². The largest absolute Gasteiger partial charge is 0.419 e. The zero-order valence-corrected chi connectivity index (χ0v) is 10.5. The van der Waals surface area contributed by atoms with Gasteiger partial charge in [0.05, 0.1) is 22.8 Å². The molecular weight excluding hydrogens is 283 g/mol. The van der Waals surface area contributed by atoms with Crippen molar-refractivity contribution in [2.24, 2.45) is 0 Å². The highest BCUT2D eigenvalue weighted by atomic mass is 19.4. The van der Waals surface area contributed by atoms with Crippen molar-refractivity contribution >= 4 is 17.2 Å². The van der Waals surface area contributed by atoms with Gasteiger partial charge in [-0.05, 0) is 12.1 Å². The molecule has 0 saturated carbocycles. The smallest absolute Gasteiger partial charge is 0.298 e. The quantitative estimate of drug-likeness (QED) is 0.681. The van der Waals surface area contributed by atoms with E-state index in [9.17, 15) is 18.0 Å². The summed E-state index contributed by atoms with van der Waals surface area (Å²) in [7, 11) is 0. The third-order valence-electron chi connectivity index (χ3n) is 2.99. The Hall–Kier alpha value is -2.70. The van der Waals surface area contributed by atoms with Crippen LogP contribution in [0.2, 0.25) is 0 Å². The van der Waals surface area contributed by atoms with Crippen molar-refractivity contribution in [1.82, 2.24) is 14.8 Å². The highest BCUT2D eigenvalue weighted by Gasteiger charge is 2.32. The number of carbonyl (C=O) groups is 1. The van der Waals surface area contributed by atoms with E-state index >= 15 is 0 Å². The number of benzene rings is 1. The zero-order valence-electron chi connectivity index (χ0n) is 10.5. The minimum atomic E-state index is -4.49. The monoisotopic (exact) mass is 291 g/mol. The van der Waals surface area contributed by atoms with Crippen molar-refractivity contribution in [3.8, 4) is 5.82 Å². The lowest BCUT2D eigenvalue weighted by atomic mass is 10.1. The van der Waals surface area contributed by atoms with Gasteiger partial charge in [-0.2, -0.15) is 18.3 Å². The summed E-state index contributed by atoms with van der Waals surface area (Å²) in [6.07, 6.45) is -2.43. The maximum atomic E-state index is 12.6. The molecule has 1 aromatic carbocycles. The summed E-state index contributed by atoms with van der Waals surface area (Å²) in [4.78, 5) is 15.4. The van der Waals surface area contributed by atoms with Gasteiger partial charge in [0, 0.05) is 11.6 Å². The van der Waals surface area contributed by atoms with Crippen LogP contribution in [-0.4, -0.2) is 21.1 Å². The van der Waals surface area contributed by atoms with Crippen LogP contribution in [0, 0.1) is 0 Å². The number of para-hydroxylation sites is 1. The molecule has 0 aliphatic carbocycles. The van der Waals surface area contributed by atoms with Crippen LogP contribution >= 0.6 is 0 Å². The van der Waals surface area contributed by atoms with Gasteiger partial charge < -0.3 is 0 Å². The zero-order chi connectivity index (χ0) is 15.0. The molecule has 0 N–H and O–H groups in total. The van der Waals surface area contributed by atoms with Crippen molar-refractivity contribution < 1.29 is 18.0 Å². The van der Waals surface area contributed by atoms with Crippen molar-refractivity contribution in [2.45, 2.75) is 6.18 Å². The first-order valence-electron chi connectivity index (χ1n) is 5.96. The molecule has 7 heteroatoms. The Kier molecular flexibility index (Phi) is 2.97. The molecule has 3 rings (SSSR count). The molecule has 0 unspecified atom stereocenters. The van der Waals surface area contributed by atoms with E-state index in [0.717, 1.165) is 16.3 Å². The first-order chi connectivity index (χ1) is 9.99. The molecule has 0 spiro atoms. The van der Waals surface area contributed by atoms with Gasteiger partial charge in [-0.15, -0.1) is 0 Å². The van der Waals surface area contributed by atoms with Gasteiger partial charge in [0.25, 0.3) is 0 Å². The number of hydrogen-bond donors (Lipinski definition) is 0. The number of aldehydes is 1. The fourth-order valence-corrected chi connectivity index (χ4v) is 1.98. The van der Waals surface area contributed by atoms with Crippen LogP contribution in [0.5, 0.6) is 0 Å². The first kappa shape index (κ1) is 13.3. The molecule has 0 fully saturated rings. The van der Waals surface area contributed by atoms with E-state index < -0.39 is 11.7 Å². The van der Waals surface area contributed by atoms with E-state index in [4.69, 9.17) is 0 Å². The standard InChI is InChI=1S/C14H8F3N3O/c15-14(16,17)11-6-18-20(7-11)13-10(8-21)5-9-3-1-2-4-12(9)19-13/h1-8H. The maximum absolute atomic E-state index is 12.6. The molecule has 2 aromatic heterocycles. The first-order valence-corrected chi connectivity index (χ1v) is 5.96. The fourth-order valence-electron chi connectivity index (χ4n) is 1.98. The molecule has 0 aliphatic heterocycles. The van der Waals surface area contributed by atoms with Gasteiger partial charge in [-0.1, -0.05) is 18.2 Å². The van der Waals surface area contributed by atoms with Gasteiger partial charge in [0.15, 0.2) is 12.1 Å². The van der Waals surface area contributed by atoms with Crippen LogP contribution in [0.15, 0.2) is 42.7 Å². The Morgan fingerprint density at radius 1 is 1.19 bits per heavy atom. The van der Waals surface area contributed by atoms with Crippen molar-refractivity contribution in [1.29, 1.82) is 0 Å². The van der Waals surface area contributed by atoms with E-state index in [2.05, 4.69) is 10.1 Å². The van der Waals surface area contributed by atoms with Gasteiger partial charge >= 0.3 is 6.18 Å². The number of pyridine rings is 1. The molecule has 0 saturated heterocycles. The SMILES string of the molecule is O=Cc1cc2ccccc2nc1-n1cc(C(F)(F)F)cn1. The van der Waals surface area contributed by atoms with E-state index in [-0.39, 0.29) is 11.4 Å². The number of aromatic nitrogens is 3. The Morgan fingerprint density at radius 2 is 1.95 bits per heavy atom. The summed E-state index contributed by atoms with van der Waals surface area (Å²) in [6.45, 7) is 0. The average molecular weight is 291 g/mol. The number of hydrogen-bond acceptors (Lipinski definition) is 3. The minimum absolute atomic E-state index is 0.0687. The lowest BCUT2D eigenvalue weighted by Crippen LogP contribution is -2.05. The van der Waals surface area contributed by atoms with Gasteiger partial charge in [0.1, 0.15) is 0 Å². The molecule has 0 atom stereocenters. The Labute approximate surface area is 116 Å². The summed E-state index contributed by atoms with van der Waals surface area (Å²) >= 11 is 0. The van der Waals surface area contributed by atoms with Crippen molar-refractivity contribution in [3.63, 3.8) is 0 Å². The number of fused-ring (bicyclic) bond motifs is 1.